The minimum absolute atomic E-state index is 0.115. The number of nitrogens with one attached hydrogen (secondary N) is 2. The number of nitriles is 1. The van der Waals surface area contributed by atoms with Crippen molar-refractivity contribution in [2.24, 2.45) is 0 Å². The zero-order valence-corrected chi connectivity index (χ0v) is 25.8. The van der Waals surface area contributed by atoms with E-state index < -0.39 is 8.32 Å². The zero-order valence-electron chi connectivity index (χ0n) is 24.8. The van der Waals surface area contributed by atoms with Crippen LogP contribution in [0.5, 0.6) is 5.88 Å². The molecule has 212 valence electrons. The summed E-state index contributed by atoms with van der Waals surface area (Å²) < 4.78 is 17.5. The van der Waals surface area contributed by atoms with E-state index in [9.17, 15) is 5.26 Å². The first-order valence-corrected chi connectivity index (χ1v) is 16.4. The summed E-state index contributed by atoms with van der Waals surface area (Å²) in [5.74, 6) is 0.854. The fourth-order valence-electron chi connectivity index (χ4n) is 4.29. The van der Waals surface area contributed by atoms with Gasteiger partial charge in [0.15, 0.2) is 8.32 Å². The SMILES string of the molecule is COCCOc1ncc(C)cc1Nc1nccc(-c2cc(C#N)c3c(c2)[C@@](C)(CO[Si](C)(C)C(C)(C)C)CN3)n1. The van der Waals surface area contributed by atoms with E-state index >= 15 is 0 Å². The number of benzene rings is 1. The molecule has 9 nitrogen and oxygen atoms in total. The number of nitrogens with zero attached hydrogens (tertiary/aromatic N) is 4. The molecule has 0 fully saturated rings. The van der Waals surface area contributed by atoms with E-state index in [1.54, 1.807) is 19.5 Å². The van der Waals surface area contributed by atoms with Crippen molar-refractivity contribution < 1.29 is 13.9 Å². The highest BCUT2D eigenvalue weighted by Gasteiger charge is 2.42. The fourth-order valence-corrected chi connectivity index (χ4v) is 5.40. The molecule has 0 aliphatic carbocycles. The molecule has 0 bridgehead atoms. The lowest BCUT2D eigenvalue weighted by Gasteiger charge is -2.39. The van der Waals surface area contributed by atoms with Crippen LogP contribution in [0.2, 0.25) is 18.1 Å². The maximum absolute atomic E-state index is 10.0. The molecule has 0 saturated heterocycles. The van der Waals surface area contributed by atoms with Crippen molar-refractivity contribution in [2.75, 3.05) is 44.1 Å². The van der Waals surface area contributed by atoms with E-state index in [2.05, 4.69) is 73.5 Å². The predicted octanol–water partition coefficient (Wildman–Crippen LogP) is 6.19. The van der Waals surface area contributed by atoms with Gasteiger partial charge in [-0.25, -0.2) is 15.0 Å². The first-order chi connectivity index (χ1) is 18.9. The van der Waals surface area contributed by atoms with Gasteiger partial charge in [0.1, 0.15) is 18.4 Å². The van der Waals surface area contributed by atoms with Crippen LogP contribution in [0.3, 0.4) is 0 Å². The second-order valence-electron chi connectivity index (χ2n) is 12.1. The number of anilines is 3. The van der Waals surface area contributed by atoms with Crippen molar-refractivity contribution in [3.63, 3.8) is 0 Å². The highest BCUT2D eigenvalue weighted by Crippen LogP contribution is 2.44. The molecule has 0 unspecified atom stereocenters. The highest BCUT2D eigenvalue weighted by atomic mass is 28.4. The van der Waals surface area contributed by atoms with Crippen molar-refractivity contribution in [1.29, 1.82) is 5.26 Å². The number of hydrogen-bond donors (Lipinski definition) is 2. The van der Waals surface area contributed by atoms with Crippen LogP contribution in [0.25, 0.3) is 11.3 Å². The standard InChI is InChI=1S/C30H40N6O3Si/c1-20-13-25(27(33-17-20)38-12-11-37-6)36-28-32-10-9-24(35-28)21-14-22(16-31)26-23(15-21)30(5,18-34-26)19-39-40(7,8)29(2,3)4/h9-10,13-15,17,34H,11-12,18-19H2,1-8H3,(H,32,35,36)/t30-/m1/s1. The molecule has 0 amide bonds. The van der Waals surface area contributed by atoms with E-state index in [0.29, 0.717) is 55.1 Å². The predicted molar refractivity (Wildman–Crippen MR) is 161 cm³/mol. The molecule has 3 aromatic rings. The Bertz CT molecular complexity index is 1420. The Kier molecular flexibility index (Phi) is 8.49. The Labute approximate surface area is 238 Å². The Morgan fingerprint density at radius 1 is 1.18 bits per heavy atom. The lowest BCUT2D eigenvalue weighted by molar-refractivity contribution is 0.144. The molecular weight excluding hydrogens is 520 g/mol. The van der Waals surface area contributed by atoms with Crippen molar-refractivity contribution in [2.45, 2.75) is 58.2 Å². The molecule has 1 aliphatic rings. The van der Waals surface area contributed by atoms with Gasteiger partial charge in [-0.2, -0.15) is 5.26 Å². The van der Waals surface area contributed by atoms with Crippen LogP contribution < -0.4 is 15.4 Å². The van der Waals surface area contributed by atoms with E-state index in [0.717, 1.165) is 22.4 Å². The molecule has 1 aliphatic heterocycles. The summed E-state index contributed by atoms with van der Waals surface area (Å²) in [6, 6.07) is 10.2. The molecule has 2 N–H and O–H groups in total. The van der Waals surface area contributed by atoms with E-state index in [1.165, 1.54) is 0 Å². The molecule has 3 heterocycles. The third-order valence-electron chi connectivity index (χ3n) is 7.83. The second-order valence-corrected chi connectivity index (χ2v) is 16.9. The quantitative estimate of drug-likeness (QED) is 0.221. The number of ether oxygens (including phenoxy) is 2. The van der Waals surface area contributed by atoms with Gasteiger partial charge in [-0.15, -0.1) is 0 Å². The molecule has 10 heteroatoms. The van der Waals surface area contributed by atoms with Crippen LogP contribution in [0, 0.1) is 18.3 Å². The summed E-state index contributed by atoms with van der Waals surface area (Å²) in [6.45, 7) is 17.6. The Hall–Kier alpha value is -3.52. The van der Waals surface area contributed by atoms with Crippen LogP contribution in [-0.4, -0.2) is 56.7 Å². The van der Waals surface area contributed by atoms with Crippen LogP contribution in [0.1, 0.15) is 44.4 Å². The Morgan fingerprint density at radius 3 is 2.65 bits per heavy atom. The Balaban J connectivity index is 1.65. The summed E-state index contributed by atoms with van der Waals surface area (Å²) in [7, 11) is -0.322. The van der Waals surface area contributed by atoms with Gasteiger partial charge in [-0.1, -0.05) is 27.7 Å². The topological polar surface area (TPSA) is 114 Å². The molecule has 0 saturated carbocycles. The summed E-state index contributed by atoms with van der Waals surface area (Å²) in [6.07, 6.45) is 3.45. The summed E-state index contributed by atoms with van der Waals surface area (Å²) >= 11 is 0. The zero-order chi connectivity index (χ0) is 29.1. The third kappa shape index (κ3) is 6.27. The molecule has 0 radical (unpaired) electrons. The minimum Gasteiger partial charge on any atom is -0.474 e. The normalized spacial score (nSPS) is 16.7. The lowest BCUT2D eigenvalue weighted by atomic mass is 9.83. The van der Waals surface area contributed by atoms with Gasteiger partial charge in [0.25, 0.3) is 0 Å². The largest absolute Gasteiger partial charge is 0.474 e. The van der Waals surface area contributed by atoms with Crippen molar-refractivity contribution >= 4 is 25.6 Å². The van der Waals surface area contributed by atoms with Crippen molar-refractivity contribution in [3.8, 4) is 23.2 Å². The number of methoxy groups -OCH3 is 1. The monoisotopic (exact) mass is 560 g/mol. The maximum atomic E-state index is 10.0. The van der Waals surface area contributed by atoms with Gasteiger partial charge in [-0.3, -0.25) is 0 Å². The molecule has 4 rings (SSSR count). The summed E-state index contributed by atoms with van der Waals surface area (Å²) in [5, 5.41) is 16.9. The number of fused-ring (bicyclic) bond motifs is 1. The average Bonchev–Trinajstić information content (AvgIpc) is 3.25. The van der Waals surface area contributed by atoms with Crippen LogP contribution in [0.4, 0.5) is 17.3 Å². The van der Waals surface area contributed by atoms with Gasteiger partial charge in [0, 0.05) is 43.6 Å². The average molecular weight is 561 g/mol. The molecular formula is C30H40N6O3Si. The molecule has 1 aromatic carbocycles. The second kappa shape index (κ2) is 11.5. The van der Waals surface area contributed by atoms with E-state index in [1.807, 2.05) is 25.1 Å². The minimum atomic E-state index is -1.95. The number of aryl methyl sites for hydroxylation is 1. The Morgan fingerprint density at radius 2 is 1.95 bits per heavy atom. The molecule has 1 atom stereocenters. The molecule has 2 aromatic heterocycles. The van der Waals surface area contributed by atoms with Crippen molar-refractivity contribution in [1.82, 2.24) is 15.0 Å². The molecule has 0 spiro atoms. The van der Waals surface area contributed by atoms with E-state index in [4.69, 9.17) is 18.9 Å². The summed E-state index contributed by atoms with van der Waals surface area (Å²) in [4.78, 5) is 13.6. The summed E-state index contributed by atoms with van der Waals surface area (Å²) in [5.41, 5.74) is 5.46. The number of aromatic nitrogens is 3. The van der Waals surface area contributed by atoms with Crippen LogP contribution in [0.15, 0.2) is 36.7 Å². The number of pyridine rings is 1. The van der Waals surface area contributed by atoms with Crippen LogP contribution in [-0.2, 0) is 14.6 Å². The van der Waals surface area contributed by atoms with Gasteiger partial charge in [-0.05, 0) is 60.4 Å². The molecule has 40 heavy (non-hydrogen) atoms. The number of rotatable bonds is 10. The number of hydrogen-bond acceptors (Lipinski definition) is 9. The fraction of sp³-hybridized carbons (Fsp3) is 0.467. The van der Waals surface area contributed by atoms with Crippen molar-refractivity contribution in [3.05, 3.63) is 53.3 Å². The van der Waals surface area contributed by atoms with Gasteiger partial charge >= 0.3 is 0 Å². The highest BCUT2D eigenvalue weighted by molar-refractivity contribution is 6.74. The van der Waals surface area contributed by atoms with E-state index in [-0.39, 0.29) is 10.5 Å². The third-order valence-corrected chi connectivity index (χ3v) is 12.3. The van der Waals surface area contributed by atoms with Gasteiger partial charge in [0.05, 0.1) is 23.6 Å². The maximum Gasteiger partial charge on any atom is 0.237 e. The van der Waals surface area contributed by atoms with Gasteiger partial charge < -0.3 is 24.5 Å². The lowest BCUT2D eigenvalue weighted by Crippen LogP contribution is -2.45. The first kappa shape index (κ1) is 29.5. The smallest absolute Gasteiger partial charge is 0.237 e. The first-order valence-electron chi connectivity index (χ1n) is 13.5. The van der Waals surface area contributed by atoms with Gasteiger partial charge in [0.2, 0.25) is 11.8 Å². The van der Waals surface area contributed by atoms with Crippen LogP contribution >= 0.6 is 0 Å².